The van der Waals surface area contributed by atoms with Gasteiger partial charge >= 0.3 is 5.97 Å². The van der Waals surface area contributed by atoms with Gasteiger partial charge in [-0.1, -0.05) is 23.2 Å². The van der Waals surface area contributed by atoms with Crippen molar-refractivity contribution < 1.29 is 19.1 Å². The van der Waals surface area contributed by atoms with Crippen LogP contribution in [0.2, 0.25) is 0 Å². The molecule has 1 aliphatic carbocycles. The van der Waals surface area contributed by atoms with Crippen LogP contribution >= 0.6 is 23.2 Å². The quantitative estimate of drug-likeness (QED) is 0.621. The molecular weight excluding hydrogens is 305 g/mol. The maximum absolute atomic E-state index is 12.1. The van der Waals surface area contributed by atoms with Crippen molar-refractivity contribution in [3.63, 3.8) is 0 Å². The molecule has 20 heavy (non-hydrogen) atoms. The van der Waals surface area contributed by atoms with Crippen LogP contribution in [-0.4, -0.2) is 28.7 Å². The molecule has 0 aliphatic heterocycles. The molecule has 0 amide bonds. The standard InChI is InChI=1S/C13H11Cl2NO4/c1-4-20-13(19)6-5(2)16(3)10-7(6)11(17)12(18)9(15)8(10)14/h4H2,1-3H3. The van der Waals surface area contributed by atoms with E-state index >= 15 is 0 Å². The highest BCUT2D eigenvalue weighted by Crippen LogP contribution is 2.38. The van der Waals surface area contributed by atoms with Crippen LogP contribution in [0.4, 0.5) is 0 Å². The summed E-state index contributed by atoms with van der Waals surface area (Å²) in [6, 6.07) is 0. The van der Waals surface area contributed by atoms with Crippen molar-refractivity contribution in [2.24, 2.45) is 7.05 Å². The third-order valence-corrected chi connectivity index (χ3v) is 4.03. The molecule has 0 unspecified atom stereocenters. The number of nitrogens with zero attached hydrogens (tertiary/aromatic N) is 1. The van der Waals surface area contributed by atoms with Crippen molar-refractivity contribution in [1.29, 1.82) is 0 Å². The van der Waals surface area contributed by atoms with Crippen LogP contribution in [0.1, 0.15) is 39.0 Å². The topological polar surface area (TPSA) is 65.4 Å². The average molecular weight is 316 g/mol. The van der Waals surface area contributed by atoms with Gasteiger partial charge in [-0.05, 0) is 13.8 Å². The Morgan fingerprint density at radius 2 is 1.80 bits per heavy atom. The molecule has 0 N–H and O–H groups in total. The number of hydrogen-bond donors (Lipinski definition) is 0. The first-order chi connectivity index (χ1) is 9.32. The number of carbonyl (C=O) groups is 3. The highest BCUT2D eigenvalue weighted by atomic mass is 35.5. The van der Waals surface area contributed by atoms with E-state index in [2.05, 4.69) is 0 Å². The Kier molecular flexibility index (Phi) is 3.75. The van der Waals surface area contributed by atoms with E-state index in [0.29, 0.717) is 5.69 Å². The number of fused-ring (bicyclic) bond motifs is 1. The van der Waals surface area contributed by atoms with E-state index in [1.54, 1.807) is 25.5 Å². The molecule has 0 spiro atoms. The van der Waals surface area contributed by atoms with Gasteiger partial charge in [0.15, 0.2) is 0 Å². The molecule has 0 saturated heterocycles. The summed E-state index contributed by atoms with van der Waals surface area (Å²) in [5, 5.41) is -0.368. The molecule has 5 nitrogen and oxygen atoms in total. The largest absolute Gasteiger partial charge is 0.462 e. The molecule has 1 aliphatic rings. The molecule has 1 aromatic rings. The predicted octanol–water partition coefficient (Wildman–Crippen LogP) is 2.42. The van der Waals surface area contributed by atoms with Crippen LogP contribution in [0.25, 0.3) is 5.03 Å². The zero-order chi connectivity index (χ0) is 15.2. The minimum absolute atomic E-state index is 0.0348. The Labute approximate surface area is 125 Å². The number of Topliss-reactive ketones (excluding diaryl/α,β-unsaturated/α-hetero) is 2. The van der Waals surface area contributed by atoms with Gasteiger partial charge in [0.25, 0.3) is 0 Å². The number of allylic oxidation sites excluding steroid dienone is 1. The van der Waals surface area contributed by atoms with Gasteiger partial charge in [0.1, 0.15) is 5.03 Å². The van der Waals surface area contributed by atoms with Gasteiger partial charge in [-0.25, -0.2) is 4.79 Å². The third-order valence-electron chi connectivity index (χ3n) is 3.20. The Hall–Kier alpha value is -1.59. The minimum Gasteiger partial charge on any atom is -0.462 e. The van der Waals surface area contributed by atoms with E-state index in [4.69, 9.17) is 27.9 Å². The molecule has 2 rings (SSSR count). The minimum atomic E-state index is -0.916. The molecule has 7 heteroatoms. The fourth-order valence-electron chi connectivity index (χ4n) is 2.15. The summed E-state index contributed by atoms with van der Waals surface area (Å²) in [4.78, 5) is 35.9. The summed E-state index contributed by atoms with van der Waals surface area (Å²) in [5.41, 5.74) is 0.772. The number of hydrogen-bond acceptors (Lipinski definition) is 4. The highest BCUT2D eigenvalue weighted by Gasteiger charge is 2.39. The van der Waals surface area contributed by atoms with E-state index < -0.39 is 17.5 Å². The average Bonchev–Trinajstić information content (AvgIpc) is 2.67. The van der Waals surface area contributed by atoms with Crippen molar-refractivity contribution in [3.05, 3.63) is 27.5 Å². The fourth-order valence-corrected chi connectivity index (χ4v) is 2.63. The van der Waals surface area contributed by atoms with E-state index in [1.165, 1.54) is 0 Å². The summed E-state index contributed by atoms with van der Waals surface area (Å²) < 4.78 is 6.48. The molecule has 1 heterocycles. The highest BCUT2D eigenvalue weighted by molar-refractivity contribution is 6.71. The van der Waals surface area contributed by atoms with E-state index in [9.17, 15) is 14.4 Å². The third kappa shape index (κ3) is 1.89. The Morgan fingerprint density at radius 1 is 1.20 bits per heavy atom. The van der Waals surface area contributed by atoms with Crippen molar-refractivity contribution >= 4 is 45.8 Å². The van der Waals surface area contributed by atoms with E-state index in [-0.39, 0.29) is 33.5 Å². The van der Waals surface area contributed by atoms with Gasteiger partial charge in [-0.15, -0.1) is 0 Å². The van der Waals surface area contributed by atoms with Gasteiger partial charge < -0.3 is 9.30 Å². The van der Waals surface area contributed by atoms with Crippen LogP contribution in [0.5, 0.6) is 0 Å². The molecular formula is C13H11Cl2NO4. The first kappa shape index (κ1) is 14.8. The first-order valence-electron chi connectivity index (χ1n) is 5.83. The normalized spacial score (nSPS) is 14.7. The smallest absolute Gasteiger partial charge is 0.340 e. The number of halogens is 2. The van der Waals surface area contributed by atoms with Crippen molar-refractivity contribution in [3.8, 4) is 0 Å². The predicted molar refractivity (Wildman–Crippen MR) is 74.1 cm³/mol. The summed E-state index contributed by atoms with van der Waals surface area (Å²) in [6.07, 6.45) is 0. The van der Waals surface area contributed by atoms with Gasteiger partial charge in [-0.3, -0.25) is 9.59 Å². The molecule has 0 saturated carbocycles. The fraction of sp³-hybridized carbons (Fsp3) is 0.308. The molecule has 0 radical (unpaired) electrons. The first-order valence-corrected chi connectivity index (χ1v) is 6.59. The Morgan fingerprint density at radius 3 is 2.35 bits per heavy atom. The summed E-state index contributed by atoms with van der Waals surface area (Å²) in [5.74, 6) is -2.42. The second kappa shape index (κ2) is 5.07. The second-order valence-corrected chi connectivity index (χ2v) is 5.01. The van der Waals surface area contributed by atoms with Crippen molar-refractivity contribution in [1.82, 2.24) is 4.57 Å². The van der Waals surface area contributed by atoms with Crippen molar-refractivity contribution in [2.45, 2.75) is 13.8 Å². The number of aromatic nitrogens is 1. The van der Waals surface area contributed by atoms with E-state index in [1.807, 2.05) is 0 Å². The summed E-state index contributed by atoms with van der Waals surface area (Å²) in [6.45, 7) is 3.45. The number of esters is 1. The lowest BCUT2D eigenvalue weighted by molar-refractivity contribution is -0.111. The van der Waals surface area contributed by atoms with Crippen molar-refractivity contribution in [2.75, 3.05) is 6.61 Å². The van der Waals surface area contributed by atoms with Crippen LogP contribution < -0.4 is 0 Å². The van der Waals surface area contributed by atoms with Gasteiger partial charge in [0, 0.05) is 12.7 Å². The van der Waals surface area contributed by atoms with Crippen LogP contribution in [-0.2, 0) is 16.6 Å². The Balaban J connectivity index is 2.81. The maximum atomic E-state index is 12.1. The summed E-state index contributed by atoms with van der Waals surface area (Å²) >= 11 is 11.8. The number of ether oxygens (including phenoxy) is 1. The maximum Gasteiger partial charge on any atom is 0.340 e. The zero-order valence-corrected chi connectivity index (χ0v) is 12.6. The monoisotopic (exact) mass is 315 g/mol. The Bertz CT molecular complexity index is 685. The number of carbonyl (C=O) groups excluding carboxylic acids is 3. The van der Waals surface area contributed by atoms with Crippen LogP contribution in [0.15, 0.2) is 5.03 Å². The van der Waals surface area contributed by atoms with Gasteiger partial charge in [0.05, 0.1) is 28.5 Å². The summed E-state index contributed by atoms with van der Waals surface area (Å²) in [7, 11) is 1.63. The van der Waals surface area contributed by atoms with Gasteiger partial charge in [-0.2, -0.15) is 0 Å². The SMILES string of the molecule is CCOC(=O)c1c2c(n(C)c1C)C(Cl)=C(Cl)C(=O)C2=O. The molecule has 0 bridgehead atoms. The van der Waals surface area contributed by atoms with E-state index in [0.717, 1.165) is 0 Å². The lowest BCUT2D eigenvalue weighted by Gasteiger charge is -2.13. The van der Waals surface area contributed by atoms with Crippen LogP contribution in [0, 0.1) is 6.92 Å². The molecule has 0 atom stereocenters. The lowest BCUT2D eigenvalue weighted by atomic mass is 9.96. The second-order valence-electron chi connectivity index (χ2n) is 4.25. The molecule has 106 valence electrons. The molecule has 0 fully saturated rings. The number of rotatable bonds is 2. The zero-order valence-electron chi connectivity index (χ0n) is 11.0. The lowest BCUT2D eigenvalue weighted by Crippen LogP contribution is -2.23. The molecule has 1 aromatic heterocycles. The molecule has 0 aromatic carbocycles. The van der Waals surface area contributed by atoms with Crippen LogP contribution in [0.3, 0.4) is 0 Å². The number of ketones is 2. The van der Waals surface area contributed by atoms with Gasteiger partial charge in [0.2, 0.25) is 11.6 Å².